The van der Waals surface area contributed by atoms with Crippen LogP contribution in [0.15, 0.2) is 42.6 Å². The van der Waals surface area contributed by atoms with E-state index in [0.717, 1.165) is 11.4 Å². The van der Waals surface area contributed by atoms with Crippen LogP contribution >= 0.6 is 0 Å². The van der Waals surface area contributed by atoms with Crippen molar-refractivity contribution in [1.29, 1.82) is 0 Å². The number of hydrogen-bond acceptors (Lipinski definition) is 4. The quantitative estimate of drug-likeness (QED) is 0.791. The summed E-state index contributed by atoms with van der Waals surface area (Å²) in [7, 11) is 0. The van der Waals surface area contributed by atoms with Gasteiger partial charge >= 0.3 is 0 Å². The van der Waals surface area contributed by atoms with E-state index in [-0.39, 0.29) is 5.78 Å². The summed E-state index contributed by atoms with van der Waals surface area (Å²) in [6.07, 6.45) is 1.66. The summed E-state index contributed by atoms with van der Waals surface area (Å²) >= 11 is 0. The van der Waals surface area contributed by atoms with Crippen molar-refractivity contribution >= 4 is 23.0 Å². The molecule has 0 saturated carbocycles. The molecule has 1 heterocycles. The van der Waals surface area contributed by atoms with Gasteiger partial charge < -0.3 is 11.1 Å². The topological polar surface area (TPSA) is 68.0 Å². The Bertz CT molecular complexity index is 517. The average Bonchev–Trinajstić information content (AvgIpc) is 2.33. The van der Waals surface area contributed by atoms with Gasteiger partial charge in [-0.3, -0.25) is 4.79 Å². The van der Waals surface area contributed by atoms with Gasteiger partial charge in [0.25, 0.3) is 0 Å². The van der Waals surface area contributed by atoms with Crippen LogP contribution in [0.5, 0.6) is 0 Å². The number of hydrogen-bond donors (Lipinski definition) is 2. The lowest BCUT2D eigenvalue weighted by Crippen LogP contribution is -1.95. The summed E-state index contributed by atoms with van der Waals surface area (Å²) < 4.78 is 0. The van der Waals surface area contributed by atoms with E-state index >= 15 is 0 Å². The van der Waals surface area contributed by atoms with Gasteiger partial charge in [0.05, 0.1) is 11.9 Å². The standard InChI is InChI=1S/C13H13N3O/c1-9(17)10-2-4-11(5-3-10)16-12-6-7-13(14)15-8-12/h2-8,16H,1H3,(H2,14,15). The smallest absolute Gasteiger partial charge is 0.159 e. The number of aromatic nitrogens is 1. The van der Waals surface area contributed by atoms with E-state index < -0.39 is 0 Å². The molecule has 0 aliphatic heterocycles. The number of Topliss-reactive ketones (excluding diaryl/α,β-unsaturated/α-hetero) is 1. The monoisotopic (exact) mass is 227 g/mol. The van der Waals surface area contributed by atoms with E-state index in [9.17, 15) is 4.79 Å². The number of anilines is 3. The number of carbonyl (C=O) groups excluding carboxylic acids is 1. The van der Waals surface area contributed by atoms with Crippen molar-refractivity contribution in [2.45, 2.75) is 6.92 Å². The summed E-state index contributed by atoms with van der Waals surface area (Å²) in [4.78, 5) is 15.1. The van der Waals surface area contributed by atoms with Crippen molar-refractivity contribution < 1.29 is 4.79 Å². The Balaban J connectivity index is 2.13. The lowest BCUT2D eigenvalue weighted by Gasteiger charge is -2.06. The second-order valence-electron chi connectivity index (χ2n) is 3.73. The van der Waals surface area contributed by atoms with E-state index in [1.807, 2.05) is 18.2 Å². The third kappa shape index (κ3) is 2.81. The molecule has 0 spiro atoms. The van der Waals surface area contributed by atoms with E-state index in [4.69, 9.17) is 5.73 Å². The van der Waals surface area contributed by atoms with E-state index in [0.29, 0.717) is 11.4 Å². The van der Waals surface area contributed by atoms with Crippen molar-refractivity contribution in [2.75, 3.05) is 11.1 Å². The Morgan fingerprint density at radius 2 is 1.76 bits per heavy atom. The maximum Gasteiger partial charge on any atom is 0.159 e. The maximum atomic E-state index is 11.1. The van der Waals surface area contributed by atoms with Crippen molar-refractivity contribution in [1.82, 2.24) is 4.98 Å². The minimum Gasteiger partial charge on any atom is -0.384 e. The van der Waals surface area contributed by atoms with Gasteiger partial charge in [-0.25, -0.2) is 4.98 Å². The SMILES string of the molecule is CC(=O)c1ccc(Nc2ccc(N)nc2)cc1. The van der Waals surface area contributed by atoms with Crippen LogP contribution in [0.4, 0.5) is 17.2 Å². The normalized spacial score (nSPS) is 9.94. The zero-order chi connectivity index (χ0) is 12.3. The molecule has 86 valence electrons. The first-order valence-corrected chi connectivity index (χ1v) is 5.25. The van der Waals surface area contributed by atoms with Gasteiger partial charge in [0.2, 0.25) is 0 Å². The molecule has 0 aliphatic carbocycles. The lowest BCUT2D eigenvalue weighted by molar-refractivity contribution is 0.101. The van der Waals surface area contributed by atoms with Gasteiger partial charge in [-0.15, -0.1) is 0 Å². The molecule has 0 fully saturated rings. The number of nitrogen functional groups attached to an aromatic ring is 1. The van der Waals surface area contributed by atoms with Crippen molar-refractivity contribution in [2.24, 2.45) is 0 Å². The molecule has 4 nitrogen and oxygen atoms in total. The Morgan fingerprint density at radius 3 is 2.29 bits per heavy atom. The van der Waals surface area contributed by atoms with Gasteiger partial charge in [-0.1, -0.05) is 0 Å². The van der Waals surface area contributed by atoms with Crippen LogP contribution in [0, 0.1) is 0 Å². The molecule has 1 aromatic carbocycles. The van der Waals surface area contributed by atoms with Crippen LogP contribution in [0.1, 0.15) is 17.3 Å². The molecule has 2 rings (SSSR count). The van der Waals surface area contributed by atoms with Crippen LogP contribution in [0.2, 0.25) is 0 Å². The third-order valence-electron chi connectivity index (χ3n) is 2.37. The predicted octanol–water partition coefficient (Wildman–Crippen LogP) is 2.61. The second kappa shape index (κ2) is 4.65. The van der Waals surface area contributed by atoms with Gasteiger partial charge in [0, 0.05) is 11.3 Å². The minimum atomic E-state index is 0.0608. The Hall–Kier alpha value is -2.36. The summed E-state index contributed by atoms with van der Waals surface area (Å²) in [6, 6.07) is 10.9. The van der Waals surface area contributed by atoms with Crippen molar-refractivity contribution in [3.63, 3.8) is 0 Å². The van der Waals surface area contributed by atoms with Gasteiger partial charge in [-0.2, -0.15) is 0 Å². The van der Waals surface area contributed by atoms with Gasteiger partial charge in [-0.05, 0) is 43.3 Å². The van der Waals surface area contributed by atoms with Crippen LogP contribution in [0.25, 0.3) is 0 Å². The summed E-state index contributed by atoms with van der Waals surface area (Å²) in [6.45, 7) is 1.55. The molecule has 2 aromatic rings. The number of carbonyl (C=O) groups is 1. The fourth-order valence-electron chi connectivity index (χ4n) is 1.43. The van der Waals surface area contributed by atoms with Crippen LogP contribution in [-0.4, -0.2) is 10.8 Å². The van der Waals surface area contributed by atoms with Crippen LogP contribution in [0.3, 0.4) is 0 Å². The van der Waals surface area contributed by atoms with Crippen molar-refractivity contribution in [3.05, 3.63) is 48.2 Å². The summed E-state index contributed by atoms with van der Waals surface area (Å²) in [5.41, 5.74) is 7.96. The Kier molecular flexibility index (Phi) is 3.05. The van der Waals surface area contributed by atoms with Gasteiger partial charge in [0.15, 0.2) is 5.78 Å². The van der Waals surface area contributed by atoms with Gasteiger partial charge in [0.1, 0.15) is 5.82 Å². The highest BCUT2D eigenvalue weighted by Gasteiger charge is 1.99. The number of ketones is 1. The highest BCUT2D eigenvalue weighted by atomic mass is 16.1. The molecule has 0 saturated heterocycles. The molecule has 0 aliphatic rings. The fourth-order valence-corrected chi connectivity index (χ4v) is 1.43. The van der Waals surface area contributed by atoms with Crippen molar-refractivity contribution in [3.8, 4) is 0 Å². The maximum absolute atomic E-state index is 11.1. The Labute approximate surface area is 99.5 Å². The molecule has 0 unspecified atom stereocenters. The molecular formula is C13H13N3O. The zero-order valence-corrected chi connectivity index (χ0v) is 9.47. The molecule has 4 heteroatoms. The largest absolute Gasteiger partial charge is 0.384 e. The number of nitrogens with one attached hydrogen (secondary N) is 1. The predicted molar refractivity (Wildman–Crippen MR) is 68.4 cm³/mol. The Morgan fingerprint density at radius 1 is 1.12 bits per heavy atom. The van der Waals surface area contributed by atoms with E-state index in [1.54, 1.807) is 31.3 Å². The third-order valence-corrected chi connectivity index (χ3v) is 2.37. The summed E-state index contributed by atoms with van der Waals surface area (Å²) in [5, 5.41) is 3.17. The summed E-state index contributed by atoms with van der Waals surface area (Å²) in [5.74, 6) is 0.549. The highest BCUT2D eigenvalue weighted by Crippen LogP contribution is 2.17. The second-order valence-corrected chi connectivity index (χ2v) is 3.73. The number of rotatable bonds is 3. The minimum absolute atomic E-state index is 0.0608. The number of nitrogens with two attached hydrogens (primary N) is 1. The molecular weight excluding hydrogens is 214 g/mol. The van der Waals surface area contributed by atoms with Crippen LogP contribution < -0.4 is 11.1 Å². The van der Waals surface area contributed by atoms with Crippen LogP contribution in [-0.2, 0) is 0 Å². The number of pyridine rings is 1. The highest BCUT2D eigenvalue weighted by molar-refractivity contribution is 5.94. The first-order valence-electron chi connectivity index (χ1n) is 5.25. The first-order chi connectivity index (χ1) is 8.15. The average molecular weight is 227 g/mol. The van der Waals surface area contributed by atoms with E-state index in [1.165, 1.54) is 0 Å². The van der Waals surface area contributed by atoms with E-state index in [2.05, 4.69) is 10.3 Å². The number of benzene rings is 1. The molecule has 0 radical (unpaired) electrons. The first kappa shape index (κ1) is 11.1. The fraction of sp³-hybridized carbons (Fsp3) is 0.0769. The molecule has 0 amide bonds. The molecule has 3 N–H and O–H groups in total. The molecule has 0 bridgehead atoms. The zero-order valence-electron chi connectivity index (χ0n) is 9.47. The molecule has 17 heavy (non-hydrogen) atoms. The molecule has 0 atom stereocenters. The lowest BCUT2D eigenvalue weighted by atomic mass is 10.1. The molecule has 1 aromatic heterocycles. The number of nitrogens with zero attached hydrogens (tertiary/aromatic N) is 1.